The third-order valence-corrected chi connectivity index (χ3v) is 3.99. The summed E-state index contributed by atoms with van der Waals surface area (Å²) in [5, 5.41) is 0.0345. The van der Waals surface area contributed by atoms with Crippen LogP contribution in [0.5, 0.6) is 0 Å². The largest absolute Gasteiger partial charge is 0.399 e. The van der Waals surface area contributed by atoms with Crippen molar-refractivity contribution in [2.45, 2.75) is 11.4 Å². The van der Waals surface area contributed by atoms with Gasteiger partial charge in [-0.15, -0.1) is 0 Å². The Labute approximate surface area is 112 Å². The summed E-state index contributed by atoms with van der Waals surface area (Å²) >= 11 is 0. The van der Waals surface area contributed by atoms with E-state index < -0.39 is 10.0 Å². The zero-order chi connectivity index (χ0) is 13.9. The number of nitrogens with zero attached hydrogens (tertiary/aromatic N) is 2. The quantitative estimate of drug-likeness (QED) is 0.781. The number of nitrogens with two attached hydrogens (primary N) is 1. The van der Waals surface area contributed by atoms with Crippen molar-refractivity contribution in [2.75, 3.05) is 12.3 Å². The molecule has 0 bridgehead atoms. The molecule has 0 radical (unpaired) electrons. The molecule has 2 rings (SSSR count). The molecule has 1 aromatic heterocycles. The minimum absolute atomic E-state index is 0.0345. The van der Waals surface area contributed by atoms with Gasteiger partial charge in [0.1, 0.15) is 0 Å². The lowest BCUT2D eigenvalue weighted by Gasteiger charge is -2.04. The minimum atomic E-state index is -3.52. The maximum atomic E-state index is 11.9. The van der Waals surface area contributed by atoms with Crippen molar-refractivity contribution in [1.29, 1.82) is 0 Å². The Morgan fingerprint density at radius 3 is 2.58 bits per heavy atom. The summed E-state index contributed by atoms with van der Waals surface area (Å²) in [5.41, 5.74) is 7.30. The molecular weight excluding hydrogens is 264 g/mol. The predicted molar refractivity (Wildman–Crippen MR) is 73.0 cm³/mol. The minimum Gasteiger partial charge on any atom is -0.399 e. The van der Waals surface area contributed by atoms with E-state index in [4.69, 9.17) is 5.73 Å². The Kier molecular flexibility index (Phi) is 3.87. The first-order valence-corrected chi connectivity index (χ1v) is 7.28. The van der Waals surface area contributed by atoms with Crippen LogP contribution in [-0.2, 0) is 23.5 Å². The summed E-state index contributed by atoms with van der Waals surface area (Å²) in [6.45, 7) is 0.322. The van der Waals surface area contributed by atoms with Gasteiger partial charge in [-0.25, -0.2) is 18.1 Å². The van der Waals surface area contributed by atoms with Crippen LogP contribution < -0.4 is 10.5 Å². The van der Waals surface area contributed by atoms with Crippen molar-refractivity contribution in [3.8, 4) is 0 Å². The molecule has 1 aromatic carbocycles. The summed E-state index contributed by atoms with van der Waals surface area (Å²) in [5.74, 6) is 0. The van der Waals surface area contributed by atoms with Crippen LogP contribution in [-0.4, -0.2) is 24.5 Å². The number of aryl methyl sites for hydroxylation is 1. The van der Waals surface area contributed by atoms with Gasteiger partial charge in [0.05, 0.1) is 6.33 Å². The first-order chi connectivity index (χ1) is 8.97. The van der Waals surface area contributed by atoms with Crippen LogP contribution in [0.1, 0.15) is 5.56 Å². The normalized spacial score (nSPS) is 11.6. The van der Waals surface area contributed by atoms with E-state index in [0.29, 0.717) is 18.7 Å². The van der Waals surface area contributed by atoms with E-state index in [1.807, 2.05) is 12.1 Å². The van der Waals surface area contributed by atoms with Crippen molar-refractivity contribution in [1.82, 2.24) is 14.3 Å². The smallest absolute Gasteiger partial charge is 0.259 e. The average Bonchev–Trinajstić information content (AvgIpc) is 2.79. The first kappa shape index (κ1) is 13.6. The van der Waals surface area contributed by atoms with Crippen molar-refractivity contribution >= 4 is 15.7 Å². The summed E-state index contributed by atoms with van der Waals surface area (Å²) in [4.78, 5) is 3.82. The van der Waals surface area contributed by atoms with Crippen LogP contribution in [0.15, 0.2) is 41.8 Å². The maximum Gasteiger partial charge on any atom is 0.259 e. The van der Waals surface area contributed by atoms with Gasteiger partial charge in [-0.2, -0.15) is 0 Å². The Morgan fingerprint density at radius 1 is 1.32 bits per heavy atom. The third kappa shape index (κ3) is 3.55. The third-order valence-electron chi connectivity index (χ3n) is 2.64. The molecule has 0 fully saturated rings. The van der Waals surface area contributed by atoms with Crippen molar-refractivity contribution in [3.05, 3.63) is 42.4 Å². The number of anilines is 1. The highest BCUT2D eigenvalue weighted by Gasteiger charge is 2.15. The number of nitrogens with one attached hydrogen (secondary N) is 1. The monoisotopic (exact) mass is 280 g/mol. The number of hydrogen-bond acceptors (Lipinski definition) is 4. The molecular formula is C12H16N4O2S. The highest BCUT2D eigenvalue weighted by molar-refractivity contribution is 7.89. The first-order valence-electron chi connectivity index (χ1n) is 5.79. The second-order valence-electron chi connectivity index (χ2n) is 4.27. The van der Waals surface area contributed by atoms with Gasteiger partial charge >= 0.3 is 0 Å². The van der Waals surface area contributed by atoms with Crippen molar-refractivity contribution in [3.63, 3.8) is 0 Å². The molecule has 7 heteroatoms. The highest BCUT2D eigenvalue weighted by Crippen LogP contribution is 2.07. The lowest BCUT2D eigenvalue weighted by Crippen LogP contribution is -2.26. The van der Waals surface area contributed by atoms with Gasteiger partial charge < -0.3 is 10.3 Å². The van der Waals surface area contributed by atoms with Gasteiger partial charge in [-0.3, -0.25) is 0 Å². The zero-order valence-corrected chi connectivity index (χ0v) is 11.4. The van der Waals surface area contributed by atoms with Crippen molar-refractivity contribution < 1.29 is 8.42 Å². The lowest BCUT2D eigenvalue weighted by molar-refractivity contribution is 0.578. The van der Waals surface area contributed by atoms with Crippen LogP contribution in [0.4, 0.5) is 5.69 Å². The number of sulfonamides is 1. The second kappa shape index (κ2) is 5.41. The molecule has 1 heterocycles. The molecule has 0 amide bonds. The number of benzene rings is 1. The summed E-state index contributed by atoms with van der Waals surface area (Å²) in [6.07, 6.45) is 3.52. The van der Waals surface area contributed by atoms with Crippen LogP contribution in [0.3, 0.4) is 0 Å². The number of imidazole rings is 1. The number of aromatic nitrogens is 2. The molecule has 0 atom stereocenters. The highest BCUT2D eigenvalue weighted by atomic mass is 32.2. The molecule has 0 saturated carbocycles. The molecule has 0 saturated heterocycles. The Bertz CT molecular complexity index is 647. The topological polar surface area (TPSA) is 90.0 Å². The predicted octanol–water partition coefficient (Wildman–Crippen LogP) is 0.523. The van der Waals surface area contributed by atoms with Crippen LogP contribution >= 0.6 is 0 Å². The number of rotatable bonds is 5. The van der Waals surface area contributed by atoms with Gasteiger partial charge in [0.2, 0.25) is 0 Å². The molecule has 2 aromatic rings. The van der Waals surface area contributed by atoms with Gasteiger partial charge in [-0.05, 0) is 24.1 Å². The Hall–Kier alpha value is -1.86. The van der Waals surface area contributed by atoms with E-state index in [2.05, 4.69) is 9.71 Å². The van der Waals surface area contributed by atoms with Crippen molar-refractivity contribution in [2.24, 2.45) is 7.05 Å². The van der Waals surface area contributed by atoms with Crippen LogP contribution in [0.25, 0.3) is 0 Å². The van der Waals surface area contributed by atoms with E-state index in [1.165, 1.54) is 12.5 Å². The van der Waals surface area contributed by atoms with Gasteiger partial charge in [0.25, 0.3) is 10.0 Å². The molecule has 102 valence electrons. The number of nitrogen functional groups attached to an aromatic ring is 1. The standard InChI is InChI=1S/C12H16N4O2S/c1-16-8-12(14-9-16)19(17,18)15-7-6-10-2-4-11(13)5-3-10/h2-5,8-9,15H,6-7,13H2,1H3. The van der Waals surface area contributed by atoms with Gasteiger partial charge in [0.15, 0.2) is 5.03 Å². The van der Waals surface area contributed by atoms with Crippen LogP contribution in [0.2, 0.25) is 0 Å². The molecule has 0 aliphatic heterocycles. The molecule has 0 unspecified atom stereocenters. The molecule has 0 spiro atoms. The van der Waals surface area contributed by atoms with Crippen LogP contribution in [0, 0.1) is 0 Å². The van der Waals surface area contributed by atoms with Gasteiger partial charge in [0, 0.05) is 25.5 Å². The summed E-state index contributed by atoms with van der Waals surface area (Å²) in [7, 11) is -1.80. The fourth-order valence-electron chi connectivity index (χ4n) is 1.62. The van der Waals surface area contributed by atoms with E-state index >= 15 is 0 Å². The fraction of sp³-hybridized carbons (Fsp3) is 0.250. The second-order valence-corrected chi connectivity index (χ2v) is 5.98. The molecule has 0 aliphatic carbocycles. The SMILES string of the molecule is Cn1cnc(S(=O)(=O)NCCc2ccc(N)cc2)c1. The molecule has 3 N–H and O–H groups in total. The molecule has 0 aliphatic rings. The summed E-state index contributed by atoms with van der Waals surface area (Å²) in [6, 6.07) is 7.35. The lowest BCUT2D eigenvalue weighted by atomic mass is 10.1. The fourth-order valence-corrected chi connectivity index (χ4v) is 2.63. The Morgan fingerprint density at radius 2 is 2.00 bits per heavy atom. The average molecular weight is 280 g/mol. The Balaban J connectivity index is 1.93. The van der Waals surface area contributed by atoms with E-state index in [0.717, 1.165) is 5.56 Å². The maximum absolute atomic E-state index is 11.9. The number of hydrogen-bond donors (Lipinski definition) is 2. The summed E-state index contributed by atoms with van der Waals surface area (Å²) < 4.78 is 27.9. The zero-order valence-electron chi connectivity index (χ0n) is 10.6. The van der Waals surface area contributed by atoms with E-state index in [9.17, 15) is 8.42 Å². The van der Waals surface area contributed by atoms with E-state index in [1.54, 1.807) is 23.7 Å². The molecule has 19 heavy (non-hydrogen) atoms. The van der Waals surface area contributed by atoms with Gasteiger partial charge in [-0.1, -0.05) is 12.1 Å². The van der Waals surface area contributed by atoms with E-state index in [-0.39, 0.29) is 5.03 Å². The molecule has 6 nitrogen and oxygen atoms in total.